The number of carboxylic acids is 1. The number of aryl methyl sites for hydroxylation is 3. The van der Waals surface area contributed by atoms with Gasteiger partial charge in [0, 0.05) is 103 Å². The molecule has 2 unspecified atom stereocenters. The quantitative estimate of drug-likeness (QED) is 0.124. The molecule has 10 aromatic rings. The standard InChI is InChI=1S/C20H20N3.3C9H8N3.C6H5NO2.2CHO.2ClH.Os.2Pt/c1-19(2)14-8-10-20(19,3)18-15(14)17(22-23-18)16-13-7-5-4-6-12(13)9-11-21-16;3*1-7-6-9(12-11-7)8-4-2-3-5-10-8;8-6(9)5-3-1-2-4-7-5;2*1-2;;;;;/h4-7,9,11,14H,8,10H2,1-3H3;3*2-6H,1H3;1-4H,(H,8,9);2*1H;2*1H;;;/q4*-1;;2*-1;;;+4;;+2/p-2. The van der Waals surface area contributed by atoms with Crippen LogP contribution >= 0.6 is 18.8 Å². The summed E-state index contributed by atoms with van der Waals surface area (Å²) in [7, 11) is 9.75. The van der Waals surface area contributed by atoms with Gasteiger partial charge in [-0.2, -0.15) is 0 Å². The van der Waals surface area contributed by atoms with Crippen LogP contribution in [0.25, 0.3) is 56.3 Å². The summed E-state index contributed by atoms with van der Waals surface area (Å²) in [6.45, 7) is 19.4. The zero-order valence-electron chi connectivity index (χ0n) is 42.3. The molecule has 0 amide bonds. The molecule has 2 aliphatic carbocycles. The number of hydrogen-bond donors (Lipinski definition) is 1. The number of carbonyl (C=O) groups excluding carboxylic acids is 2. The molecule has 2 bridgehead atoms. The number of aromatic nitrogens is 13. The van der Waals surface area contributed by atoms with Crippen LogP contribution in [0.15, 0.2) is 152 Å². The summed E-state index contributed by atoms with van der Waals surface area (Å²) >= 11 is -0.472. The second-order valence-electron chi connectivity index (χ2n) is 17.2. The van der Waals surface area contributed by atoms with Gasteiger partial charge >= 0.3 is 61.1 Å². The first-order valence-corrected chi connectivity index (χ1v) is 28.4. The van der Waals surface area contributed by atoms with Crippen molar-refractivity contribution >= 4 is 49.2 Å². The number of aromatic carboxylic acids is 1. The Hall–Kier alpha value is -6.53. The van der Waals surface area contributed by atoms with Gasteiger partial charge in [0.1, 0.15) is 5.69 Å². The van der Waals surface area contributed by atoms with Crippen LogP contribution in [0.3, 0.4) is 0 Å². The number of hydrogen-bond acceptors (Lipinski definition) is 12. The molecule has 0 radical (unpaired) electrons. The maximum Gasteiger partial charge on any atom is 4.00 e. The van der Waals surface area contributed by atoms with Crippen LogP contribution < -0.4 is 20.4 Å². The summed E-state index contributed by atoms with van der Waals surface area (Å²) in [6.07, 6.45) is 11.0. The van der Waals surface area contributed by atoms with Crippen LogP contribution in [-0.4, -0.2) is 70.0 Å². The average molecular weight is 1610 g/mol. The van der Waals surface area contributed by atoms with Crippen molar-refractivity contribution in [1.29, 1.82) is 0 Å². The number of halogens is 2. The van der Waals surface area contributed by atoms with Crippen LogP contribution in [0, 0.1) is 26.2 Å². The molecular weight excluding hydrogens is 1560 g/mol. The van der Waals surface area contributed by atoms with Gasteiger partial charge in [0.2, 0.25) is 0 Å². The molecule has 77 heavy (non-hydrogen) atoms. The van der Waals surface area contributed by atoms with Crippen molar-refractivity contribution in [2.75, 3.05) is 0 Å². The first-order valence-electron chi connectivity index (χ1n) is 22.8. The molecule has 1 saturated carbocycles. The number of carboxylic acid groups (broad SMARTS) is 1. The fraction of sp³-hybridized carbons (Fsp3) is 0.200. The summed E-state index contributed by atoms with van der Waals surface area (Å²) in [4.78, 5) is 46.4. The smallest absolute Gasteiger partial charge is 0 e. The van der Waals surface area contributed by atoms with Gasteiger partial charge in [-0.25, -0.2) is 9.78 Å². The van der Waals surface area contributed by atoms with Crippen molar-refractivity contribution in [2.24, 2.45) is 5.41 Å². The summed E-state index contributed by atoms with van der Waals surface area (Å²) in [5, 5.41) is 43.6. The number of pyridine rings is 5. The predicted molar refractivity (Wildman–Crippen MR) is 284 cm³/mol. The van der Waals surface area contributed by atoms with E-state index in [1.807, 2.05) is 99.8 Å². The van der Waals surface area contributed by atoms with Crippen molar-refractivity contribution in [3.8, 4) is 45.6 Å². The monoisotopic (exact) mass is 1610 g/mol. The van der Waals surface area contributed by atoms with E-state index >= 15 is 0 Å². The topological polar surface area (TPSA) is 244 Å². The normalized spacial score (nSPS) is 14.4. The molecule has 2 atom stereocenters. The molecule has 404 valence electrons. The second kappa shape index (κ2) is 32.3. The first kappa shape index (κ1) is 64.8. The first-order chi connectivity index (χ1) is 36.3. The van der Waals surface area contributed by atoms with E-state index in [-0.39, 0.29) is 57.4 Å². The van der Waals surface area contributed by atoms with Gasteiger partial charge in [-0.1, -0.05) is 110 Å². The fourth-order valence-corrected chi connectivity index (χ4v) is 8.54. The van der Waals surface area contributed by atoms with E-state index in [0.717, 1.165) is 62.6 Å². The summed E-state index contributed by atoms with van der Waals surface area (Å²) in [6, 6.07) is 38.2. The molecule has 9 aromatic heterocycles. The Balaban J connectivity index is 0.000000254. The Bertz CT molecular complexity index is 3110. The van der Waals surface area contributed by atoms with Crippen molar-refractivity contribution in [1.82, 2.24) is 65.7 Å². The molecule has 2 aliphatic rings. The van der Waals surface area contributed by atoms with E-state index in [2.05, 4.69) is 130 Å². The van der Waals surface area contributed by atoms with Gasteiger partial charge in [-0.05, 0) is 110 Å². The maximum absolute atomic E-state index is 10.1. The van der Waals surface area contributed by atoms with Gasteiger partial charge in [0.15, 0.2) is 0 Å². The van der Waals surface area contributed by atoms with Crippen LogP contribution in [-0.2, 0) is 72.3 Å². The van der Waals surface area contributed by atoms with Gasteiger partial charge < -0.3 is 55.5 Å². The molecule has 1 N–H and O–H groups in total. The maximum atomic E-state index is 10.1. The Morgan fingerprint density at radius 3 is 1.40 bits per heavy atom. The van der Waals surface area contributed by atoms with Crippen molar-refractivity contribution in [3.63, 3.8) is 0 Å². The van der Waals surface area contributed by atoms with Crippen LogP contribution in [0.1, 0.15) is 78.4 Å². The Labute approximate surface area is 490 Å². The molecule has 17 nitrogen and oxygen atoms in total. The molecule has 0 spiro atoms. The van der Waals surface area contributed by atoms with Gasteiger partial charge in [-0.3, -0.25) is 33.5 Å². The van der Waals surface area contributed by atoms with Crippen molar-refractivity contribution in [3.05, 3.63) is 186 Å². The SMILES string of the molecule is CC12CCC(c3c1n[n-]c3-c1nccc3ccccc13)C2(C)C.Cc1cc(-c2ccccn2)[n-]n1.Cc1cc(-c2ccccn2)[n-]n1.Cc1cc(-c2ccccn2)[n-]n1.O=C(O)c1ccccn1.[CH-]=O.[CH-]=O.[Cl][Pt][Cl].[Os+4].[Pt]. The van der Waals surface area contributed by atoms with E-state index in [9.17, 15) is 4.79 Å². The molecule has 12 rings (SSSR count). The molecule has 22 heteroatoms. The third kappa shape index (κ3) is 16.7. The predicted octanol–water partition coefficient (Wildman–Crippen LogP) is 10.3. The van der Waals surface area contributed by atoms with E-state index in [0.29, 0.717) is 5.92 Å². The minimum Gasteiger partial charge on any atom is 0 e. The molecular formula is C55H51Cl2N13O4OsPt2-2. The van der Waals surface area contributed by atoms with E-state index in [4.69, 9.17) is 33.5 Å². The zero-order valence-corrected chi connectivity index (χ0v) is 50.9. The van der Waals surface area contributed by atoms with Crippen LogP contribution in [0.5, 0.6) is 0 Å². The zero-order chi connectivity index (χ0) is 54.4. The summed E-state index contributed by atoms with van der Waals surface area (Å²) in [5.74, 6) is -0.441. The Morgan fingerprint density at radius 2 is 1.03 bits per heavy atom. The minimum atomic E-state index is -0.990. The van der Waals surface area contributed by atoms with Gasteiger partial charge in [0.25, 0.3) is 0 Å². The van der Waals surface area contributed by atoms with E-state index < -0.39 is 22.5 Å². The average Bonchev–Trinajstić information content (AvgIpc) is 4.53. The Kier molecular flexibility index (Phi) is 27.1. The van der Waals surface area contributed by atoms with Crippen LogP contribution in [0.4, 0.5) is 0 Å². The summed E-state index contributed by atoms with van der Waals surface area (Å²) in [5.41, 5.74) is 13.0. The second-order valence-corrected chi connectivity index (χ2v) is 20.4. The molecule has 1 fully saturated rings. The fourth-order valence-electron chi connectivity index (χ4n) is 8.54. The third-order valence-electron chi connectivity index (χ3n) is 12.4. The minimum absolute atomic E-state index is 0. The van der Waals surface area contributed by atoms with Crippen LogP contribution in [0.2, 0.25) is 0 Å². The number of rotatable bonds is 5. The molecule has 1 aromatic carbocycles. The summed E-state index contributed by atoms with van der Waals surface area (Å²) < 4.78 is 0. The van der Waals surface area contributed by atoms with Crippen molar-refractivity contribution < 1.29 is 76.8 Å². The number of benzene rings is 1. The van der Waals surface area contributed by atoms with E-state index in [1.54, 1.807) is 30.7 Å². The number of carbonyl (C=O) groups is 1. The van der Waals surface area contributed by atoms with E-state index in [1.165, 1.54) is 47.1 Å². The Morgan fingerprint density at radius 1 is 0.597 bits per heavy atom. The largest absolute Gasteiger partial charge is 4.00 e. The van der Waals surface area contributed by atoms with Gasteiger partial charge in [0.05, 0.1) is 5.69 Å². The third-order valence-corrected chi connectivity index (χ3v) is 12.4. The number of nitrogens with zero attached hydrogens (tertiary/aromatic N) is 13. The number of fused-ring (bicyclic) bond motifs is 6. The van der Waals surface area contributed by atoms with Gasteiger partial charge in [-0.15, -0.1) is 0 Å². The molecule has 0 saturated heterocycles. The van der Waals surface area contributed by atoms with Crippen molar-refractivity contribution in [2.45, 2.75) is 65.7 Å². The molecule has 0 aliphatic heterocycles. The molecule has 9 heterocycles.